The summed E-state index contributed by atoms with van der Waals surface area (Å²) in [5.74, 6) is -2.71. The second-order valence-corrected chi connectivity index (χ2v) is 4.11. The number of urea groups is 1. The van der Waals surface area contributed by atoms with Gasteiger partial charge in [0.2, 0.25) is 0 Å². The van der Waals surface area contributed by atoms with Gasteiger partial charge in [0.05, 0.1) is 12.5 Å². The quantitative estimate of drug-likeness (QED) is 0.596. The van der Waals surface area contributed by atoms with E-state index >= 15 is 0 Å². The van der Waals surface area contributed by atoms with Crippen molar-refractivity contribution in [2.75, 3.05) is 0 Å². The van der Waals surface area contributed by atoms with Crippen LogP contribution in [0.5, 0.6) is 0 Å². The zero-order valence-corrected chi connectivity index (χ0v) is 10.7. The van der Waals surface area contributed by atoms with Gasteiger partial charge < -0.3 is 20.8 Å². The van der Waals surface area contributed by atoms with Crippen LogP contribution in [0.4, 0.5) is 4.79 Å². The van der Waals surface area contributed by atoms with Crippen molar-refractivity contribution in [2.24, 2.45) is 0 Å². The Hall–Kier alpha value is -2.64. The highest BCUT2D eigenvalue weighted by atomic mass is 16.4. The van der Waals surface area contributed by atoms with Crippen LogP contribution < -0.4 is 10.6 Å². The van der Waals surface area contributed by atoms with Crippen molar-refractivity contribution in [3.05, 3.63) is 30.1 Å². The number of amides is 2. The summed E-state index contributed by atoms with van der Waals surface area (Å²) in [4.78, 5) is 36.8. The Morgan fingerprint density at radius 1 is 1.30 bits per heavy atom. The highest BCUT2D eigenvalue weighted by Gasteiger charge is 2.23. The number of hydrogen-bond acceptors (Lipinski definition) is 4. The number of carboxylic acid groups (broad SMARTS) is 2. The van der Waals surface area contributed by atoms with E-state index in [-0.39, 0.29) is 6.04 Å². The average Bonchev–Trinajstić information content (AvgIpc) is 2.38. The van der Waals surface area contributed by atoms with E-state index in [9.17, 15) is 14.4 Å². The van der Waals surface area contributed by atoms with Crippen molar-refractivity contribution in [3.63, 3.8) is 0 Å². The molecule has 0 fully saturated rings. The summed E-state index contributed by atoms with van der Waals surface area (Å²) in [6, 6.07) is 0.839. The number of pyridine rings is 1. The van der Waals surface area contributed by atoms with E-state index in [1.807, 2.05) is 0 Å². The van der Waals surface area contributed by atoms with Crippen molar-refractivity contribution < 1.29 is 24.6 Å². The smallest absolute Gasteiger partial charge is 0.326 e. The van der Waals surface area contributed by atoms with E-state index in [0.29, 0.717) is 0 Å². The Morgan fingerprint density at radius 2 is 2.00 bits per heavy atom. The summed E-state index contributed by atoms with van der Waals surface area (Å²) in [6.07, 6.45) is 2.46. The molecular formula is C12H15N3O5. The summed E-state index contributed by atoms with van der Waals surface area (Å²) in [5, 5.41) is 22.0. The number of nitrogens with one attached hydrogen (secondary N) is 2. The molecule has 2 atom stereocenters. The molecule has 0 aliphatic heterocycles. The number of aromatic nitrogens is 1. The van der Waals surface area contributed by atoms with E-state index < -0.39 is 30.4 Å². The van der Waals surface area contributed by atoms with Gasteiger partial charge in [0.1, 0.15) is 6.04 Å². The third-order valence-corrected chi connectivity index (χ3v) is 2.51. The topological polar surface area (TPSA) is 129 Å². The zero-order chi connectivity index (χ0) is 15.1. The van der Waals surface area contributed by atoms with Gasteiger partial charge in [-0.25, -0.2) is 9.59 Å². The molecule has 0 aliphatic carbocycles. The standard InChI is InChI=1S/C12H15N3O5/c1-7(8-3-2-4-13-6-8)14-12(20)15-9(11(18)19)5-10(16)17/h2-4,6-7,9H,5H2,1H3,(H,16,17)(H,18,19)(H2,14,15,20). The molecule has 0 aliphatic rings. The van der Waals surface area contributed by atoms with Crippen LogP contribution in [0.1, 0.15) is 24.9 Å². The first kappa shape index (κ1) is 15.4. The third kappa shape index (κ3) is 4.92. The van der Waals surface area contributed by atoms with Crippen molar-refractivity contribution in [1.29, 1.82) is 0 Å². The molecule has 0 radical (unpaired) electrons. The van der Waals surface area contributed by atoms with Crippen LogP contribution in [0, 0.1) is 0 Å². The van der Waals surface area contributed by atoms with Gasteiger partial charge in [0.25, 0.3) is 0 Å². The lowest BCUT2D eigenvalue weighted by molar-refractivity contribution is -0.145. The molecule has 2 amide bonds. The molecule has 108 valence electrons. The molecular weight excluding hydrogens is 266 g/mol. The monoisotopic (exact) mass is 281 g/mol. The number of carbonyl (C=O) groups is 3. The van der Waals surface area contributed by atoms with Crippen molar-refractivity contribution in [3.8, 4) is 0 Å². The third-order valence-electron chi connectivity index (χ3n) is 2.51. The second kappa shape index (κ2) is 7.07. The molecule has 0 aromatic carbocycles. The maximum Gasteiger partial charge on any atom is 0.326 e. The molecule has 4 N–H and O–H groups in total. The number of rotatable bonds is 6. The number of carboxylic acids is 2. The Kier molecular flexibility index (Phi) is 5.45. The first-order chi connectivity index (χ1) is 9.40. The fraction of sp³-hybridized carbons (Fsp3) is 0.333. The fourth-order valence-corrected chi connectivity index (χ4v) is 1.49. The zero-order valence-electron chi connectivity index (χ0n) is 10.7. The number of nitrogens with zero attached hydrogens (tertiary/aromatic N) is 1. The van der Waals surface area contributed by atoms with Gasteiger partial charge in [-0.05, 0) is 18.6 Å². The van der Waals surface area contributed by atoms with Crippen LogP contribution in [0.25, 0.3) is 0 Å². The van der Waals surface area contributed by atoms with Crippen LogP contribution in [-0.4, -0.2) is 39.2 Å². The molecule has 2 unspecified atom stereocenters. The summed E-state index contributed by atoms with van der Waals surface area (Å²) in [6.45, 7) is 1.70. The maximum atomic E-state index is 11.6. The Morgan fingerprint density at radius 3 is 2.50 bits per heavy atom. The number of aliphatic carboxylic acids is 2. The van der Waals surface area contributed by atoms with Gasteiger partial charge in [-0.1, -0.05) is 6.07 Å². The molecule has 1 aromatic rings. The molecule has 0 saturated carbocycles. The molecule has 8 nitrogen and oxygen atoms in total. The summed E-state index contributed by atoms with van der Waals surface area (Å²) in [5.41, 5.74) is 0.743. The van der Waals surface area contributed by atoms with Gasteiger partial charge in [-0.2, -0.15) is 0 Å². The first-order valence-electron chi connectivity index (χ1n) is 5.81. The lowest BCUT2D eigenvalue weighted by Crippen LogP contribution is -2.47. The van der Waals surface area contributed by atoms with Gasteiger partial charge in [0, 0.05) is 12.4 Å². The van der Waals surface area contributed by atoms with E-state index in [4.69, 9.17) is 10.2 Å². The second-order valence-electron chi connectivity index (χ2n) is 4.11. The predicted molar refractivity (Wildman–Crippen MR) is 68.0 cm³/mol. The molecule has 0 spiro atoms. The van der Waals surface area contributed by atoms with Crippen molar-refractivity contribution in [1.82, 2.24) is 15.6 Å². The van der Waals surface area contributed by atoms with Crippen molar-refractivity contribution >= 4 is 18.0 Å². The summed E-state index contributed by atoms with van der Waals surface area (Å²) in [7, 11) is 0. The Balaban J connectivity index is 2.57. The van der Waals surface area contributed by atoms with E-state index in [1.165, 1.54) is 0 Å². The molecule has 0 saturated heterocycles. The normalized spacial score (nSPS) is 13.1. The van der Waals surface area contributed by atoms with E-state index in [2.05, 4.69) is 15.6 Å². The minimum atomic E-state index is -1.48. The predicted octanol–water partition coefficient (Wildman–Crippen LogP) is 0.370. The van der Waals surface area contributed by atoms with Gasteiger partial charge in [-0.15, -0.1) is 0 Å². The summed E-state index contributed by atoms with van der Waals surface area (Å²) >= 11 is 0. The molecule has 8 heteroatoms. The molecule has 0 bridgehead atoms. The van der Waals surface area contributed by atoms with Gasteiger partial charge >= 0.3 is 18.0 Å². The van der Waals surface area contributed by atoms with Gasteiger partial charge in [-0.3, -0.25) is 9.78 Å². The van der Waals surface area contributed by atoms with Crippen LogP contribution in [0.3, 0.4) is 0 Å². The molecule has 20 heavy (non-hydrogen) atoms. The lowest BCUT2D eigenvalue weighted by atomic mass is 10.1. The largest absolute Gasteiger partial charge is 0.481 e. The van der Waals surface area contributed by atoms with E-state index in [0.717, 1.165) is 5.56 Å². The molecule has 1 aromatic heterocycles. The minimum Gasteiger partial charge on any atom is -0.481 e. The van der Waals surface area contributed by atoms with Crippen LogP contribution in [-0.2, 0) is 9.59 Å². The molecule has 1 rings (SSSR count). The fourth-order valence-electron chi connectivity index (χ4n) is 1.49. The average molecular weight is 281 g/mol. The number of hydrogen-bond donors (Lipinski definition) is 4. The van der Waals surface area contributed by atoms with Crippen LogP contribution >= 0.6 is 0 Å². The van der Waals surface area contributed by atoms with Crippen LogP contribution in [0.2, 0.25) is 0 Å². The lowest BCUT2D eigenvalue weighted by Gasteiger charge is -2.17. The highest BCUT2D eigenvalue weighted by molar-refractivity contribution is 5.86. The maximum absolute atomic E-state index is 11.6. The molecule has 1 heterocycles. The van der Waals surface area contributed by atoms with E-state index in [1.54, 1.807) is 31.5 Å². The SMILES string of the molecule is CC(NC(=O)NC(CC(=O)O)C(=O)O)c1cccnc1. The highest BCUT2D eigenvalue weighted by Crippen LogP contribution is 2.09. The Bertz CT molecular complexity index is 491. The van der Waals surface area contributed by atoms with Crippen molar-refractivity contribution in [2.45, 2.75) is 25.4 Å². The first-order valence-corrected chi connectivity index (χ1v) is 5.81. The van der Waals surface area contributed by atoms with Gasteiger partial charge in [0.15, 0.2) is 0 Å². The minimum absolute atomic E-state index is 0.386. The number of carbonyl (C=O) groups excluding carboxylic acids is 1. The Labute approximate surface area is 114 Å². The summed E-state index contributed by atoms with van der Waals surface area (Å²) < 4.78 is 0. The van der Waals surface area contributed by atoms with Crippen LogP contribution in [0.15, 0.2) is 24.5 Å².